The summed E-state index contributed by atoms with van der Waals surface area (Å²) in [6.45, 7) is 6.23. The fourth-order valence-electron chi connectivity index (χ4n) is 3.39. The van der Waals surface area contributed by atoms with Crippen LogP contribution in [0.2, 0.25) is 0 Å². The van der Waals surface area contributed by atoms with E-state index in [1.165, 1.54) is 77.0 Å². The molecule has 0 saturated heterocycles. The molecule has 1 aromatic rings. The topological polar surface area (TPSA) is 33.5 Å². The molecule has 0 N–H and O–H groups in total. The van der Waals surface area contributed by atoms with Gasteiger partial charge in [0.1, 0.15) is 0 Å². The smallest absolute Gasteiger partial charge is 0.289 e. The molecule has 0 fully saturated rings. The minimum Gasteiger partial charge on any atom is -0.459 e. The number of carbonyl (C=O) groups is 1. The quantitative estimate of drug-likeness (QED) is 0.274. The molecule has 3 heteroatoms. The van der Waals surface area contributed by atoms with Gasteiger partial charge in [-0.1, -0.05) is 90.9 Å². The van der Waals surface area contributed by atoms with Crippen LogP contribution >= 0.6 is 0 Å². The maximum absolute atomic E-state index is 12.6. The van der Waals surface area contributed by atoms with E-state index in [4.69, 9.17) is 4.42 Å². The summed E-state index contributed by atoms with van der Waals surface area (Å²) >= 11 is 0. The van der Waals surface area contributed by atoms with Crippen LogP contribution in [-0.4, -0.2) is 23.9 Å². The van der Waals surface area contributed by atoms with Crippen molar-refractivity contribution in [2.45, 2.75) is 104 Å². The molecule has 0 aliphatic heterocycles. The van der Waals surface area contributed by atoms with Crippen LogP contribution < -0.4 is 0 Å². The molecule has 1 amide bonds. The van der Waals surface area contributed by atoms with Gasteiger partial charge in [0.05, 0.1) is 6.26 Å². The minimum absolute atomic E-state index is 0.0620. The largest absolute Gasteiger partial charge is 0.459 e. The van der Waals surface area contributed by atoms with Crippen LogP contribution in [0.1, 0.15) is 114 Å². The lowest BCUT2D eigenvalue weighted by atomic mass is 10.1. The van der Waals surface area contributed by atoms with E-state index in [1.807, 2.05) is 4.90 Å². The third-order valence-electron chi connectivity index (χ3n) is 5.08. The van der Waals surface area contributed by atoms with E-state index in [9.17, 15) is 4.79 Å². The number of furan rings is 1. The van der Waals surface area contributed by atoms with Gasteiger partial charge in [-0.3, -0.25) is 4.79 Å². The summed E-state index contributed by atoms with van der Waals surface area (Å²) < 4.78 is 5.33. The molecule has 26 heavy (non-hydrogen) atoms. The first-order chi connectivity index (χ1) is 12.8. The molecule has 1 aromatic heterocycles. The van der Waals surface area contributed by atoms with Gasteiger partial charge in [0, 0.05) is 13.1 Å². The Morgan fingerprint density at radius 3 is 1.65 bits per heavy atom. The Kier molecular flexibility index (Phi) is 14.0. The number of carbonyl (C=O) groups excluding carboxylic acids is 1. The van der Waals surface area contributed by atoms with Crippen LogP contribution in [0.5, 0.6) is 0 Å². The van der Waals surface area contributed by atoms with Gasteiger partial charge in [0.15, 0.2) is 5.76 Å². The average molecular weight is 364 g/mol. The van der Waals surface area contributed by atoms with Crippen LogP contribution in [0, 0.1) is 0 Å². The second-order valence-electron chi connectivity index (χ2n) is 7.51. The van der Waals surface area contributed by atoms with E-state index < -0.39 is 0 Å². The molecule has 150 valence electrons. The predicted octanol–water partition coefficient (Wildman–Crippen LogP) is 7.22. The summed E-state index contributed by atoms with van der Waals surface area (Å²) in [5.41, 5.74) is 0. The van der Waals surface area contributed by atoms with E-state index in [2.05, 4.69) is 13.8 Å². The van der Waals surface area contributed by atoms with Crippen molar-refractivity contribution in [2.24, 2.45) is 0 Å². The van der Waals surface area contributed by atoms with Gasteiger partial charge in [-0.25, -0.2) is 0 Å². The monoisotopic (exact) mass is 363 g/mol. The van der Waals surface area contributed by atoms with Crippen molar-refractivity contribution < 1.29 is 9.21 Å². The van der Waals surface area contributed by atoms with E-state index in [-0.39, 0.29) is 5.91 Å². The maximum atomic E-state index is 12.6. The summed E-state index contributed by atoms with van der Waals surface area (Å²) in [6.07, 6.45) is 19.5. The van der Waals surface area contributed by atoms with Gasteiger partial charge in [-0.15, -0.1) is 0 Å². The molecule has 0 unspecified atom stereocenters. The number of rotatable bonds is 17. The van der Waals surface area contributed by atoms with Crippen molar-refractivity contribution in [1.29, 1.82) is 0 Å². The van der Waals surface area contributed by atoms with Crippen molar-refractivity contribution in [2.75, 3.05) is 13.1 Å². The van der Waals surface area contributed by atoms with E-state index in [0.717, 1.165) is 25.9 Å². The van der Waals surface area contributed by atoms with Crippen LogP contribution in [0.15, 0.2) is 22.8 Å². The van der Waals surface area contributed by atoms with Crippen LogP contribution in [-0.2, 0) is 0 Å². The number of hydrogen-bond acceptors (Lipinski definition) is 2. The highest BCUT2D eigenvalue weighted by atomic mass is 16.3. The Balaban J connectivity index is 2.27. The highest BCUT2D eigenvalue weighted by molar-refractivity contribution is 5.91. The first-order valence-electron chi connectivity index (χ1n) is 11.1. The molecule has 0 saturated carbocycles. The molecule has 0 radical (unpaired) electrons. The van der Waals surface area contributed by atoms with Crippen molar-refractivity contribution in [3.8, 4) is 0 Å². The zero-order valence-corrected chi connectivity index (χ0v) is 17.3. The fourth-order valence-corrected chi connectivity index (χ4v) is 3.39. The molecule has 0 aliphatic carbocycles. The van der Waals surface area contributed by atoms with Crippen LogP contribution in [0.4, 0.5) is 0 Å². The van der Waals surface area contributed by atoms with Crippen LogP contribution in [0.25, 0.3) is 0 Å². The Morgan fingerprint density at radius 1 is 0.769 bits per heavy atom. The van der Waals surface area contributed by atoms with Crippen molar-refractivity contribution in [3.05, 3.63) is 24.2 Å². The zero-order valence-electron chi connectivity index (χ0n) is 17.3. The van der Waals surface area contributed by atoms with Gasteiger partial charge in [0.2, 0.25) is 0 Å². The predicted molar refractivity (Wildman–Crippen MR) is 111 cm³/mol. The van der Waals surface area contributed by atoms with Gasteiger partial charge >= 0.3 is 0 Å². The lowest BCUT2D eigenvalue weighted by molar-refractivity contribution is 0.0717. The molecule has 0 aliphatic rings. The second-order valence-corrected chi connectivity index (χ2v) is 7.51. The third kappa shape index (κ3) is 10.7. The second kappa shape index (κ2) is 16.0. The summed E-state index contributed by atoms with van der Waals surface area (Å²) in [7, 11) is 0. The lowest BCUT2D eigenvalue weighted by Crippen LogP contribution is -2.32. The first kappa shape index (κ1) is 22.8. The fraction of sp³-hybridized carbons (Fsp3) is 0.783. The maximum Gasteiger partial charge on any atom is 0.289 e. The molecule has 0 bridgehead atoms. The van der Waals surface area contributed by atoms with Crippen molar-refractivity contribution in [1.82, 2.24) is 4.90 Å². The molecule has 1 rings (SSSR count). The Morgan fingerprint density at radius 2 is 1.23 bits per heavy atom. The van der Waals surface area contributed by atoms with Crippen molar-refractivity contribution in [3.63, 3.8) is 0 Å². The van der Waals surface area contributed by atoms with E-state index in [0.29, 0.717) is 5.76 Å². The summed E-state index contributed by atoms with van der Waals surface area (Å²) in [5.74, 6) is 0.544. The first-order valence-corrected chi connectivity index (χ1v) is 11.1. The van der Waals surface area contributed by atoms with Gasteiger partial charge in [-0.2, -0.15) is 0 Å². The number of amides is 1. The molecule has 0 aromatic carbocycles. The standard InChI is InChI=1S/C23H41NO2/c1-3-5-7-9-11-13-15-19-24(23(25)22-18-17-21-26-22)20-16-14-12-10-8-6-4-2/h17-18,21H,3-16,19-20H2,1-2H3. The third-order valence-corrected chi connectivity index (χ3v) is 5.08. The van der Waals surface area contributed by atoms with E-state index in [1.54, 1.807) is 18.4 Å². The highest BCUT2D eigenvalue weighted by Crippen LogP contribution is 2.13. The Bertz CT molecular complexity index is 409. The summed E-state index contributed by atoms with van der Waals surface area (Å²) in [6, 6.07) is 3.58. The number of nitrogens with zero attached hydrogens (tertiary/aromatic N) is 1. The highest BCUT2D eigenvalue weighted by Gasteiger charge is 2.17. The molecular formula is C23H41NO2. The van der Waals surface area contributed by atoms with Gasteiger partial charge in [-0.05, 0) is 25.0 Å². The molecule has 3 nitrogen and oxygen atoms in total. The van der Waals surface area contributed by atoms with Gasteiger partial charge < -0.3 is 9.32 Å². The molecular weight excluding hydrogens is 322 g/mol. The number of unbranched alkanes of at least 4 members (excludes halogenated alkanes) is 12. The normalized spacial score (nSPS) is 11.0. The summed E-state index contributed by atoms with van der Waals surface area (Å²) in [5, 5.41) is 0. The van der Waals surface area contributed by atoms with Gasteiger partial charge in [0.25, 0.3) is 5.91 Å². The molecule has 0 atom stereocenters. The van der Waals surface area contributed by atoms with Crippen LogP contribution in [0.3, 0.4) is 0 Å². The van der Waals surface area contributed by atoms with E-state index >= 15 is 0 Å². The summed E-state index contributed by atoms with van der Waals surface area (Å²) in [4.78, 5) is 14.7. The zero-order chi connectivity index (χ0) is 18.9. The number of hydrogen-bond donors (Lipinski definition) is 0. The molecule has 1 heterocycles. The Hall–Kier alpha value is -1.25. The average Bonchev–Trinajstić information content (AvgIpc) is 3.19. The van der Waals surface area contributed by atoms with Crippen molar-refractivity contribution >= 4 is 5.91 Å². The molecule has 0 spiro atoms. The lowest BCUT2D eigenvalue weighted by Gasteiger charge is -2.21. The SMILES string of the molecule is CCCCCCCCCN(CCCCCCCCC)C(=O)c1ccco1. The Labute approximate surface area is 161 Å². The minimum atomic E-state index is 0.0620.